The fourth-order valence-electron chi connectivity index (χ4n) is 2.31. The van der Waals surface area contributed by atoms with Crippen molar-refractivity contribution in [3.8, 4) is 0 Å². The van der Waals surface area contributed by atoms with Gasteiger partial charge in [-0.15, -0.1) is 0 Å². The summed E-state index contributed by atoms with van der Waals surface area (Å²) >= 11 is 0. The summed E-state index contributed by atoms with van der Waals surface area (Å²) in [6.45, 7) is 1.57. The highest BCUT2D eigenvalue weighted by atomic mass is 16.6. The molecule has 2 heterocycles. The number of hydrogen-bond acceptors (Lipinski definition) is 6. The second kappa shape index (κ2) is 5.40. The Kier molecular flexibility index (Phi) is 3.84. The predicted molar refractivity (Wildman–Crippen MR) is 74.7 cm³/mol. The van der Waals surface area contributed by atoms with Crippen molar-refractivity contribution in [1.82, 2.24) is 9.88 Å². The number of likely N-dealkylation sites (N-methyl/N-ethyl adjacent to an activating group) is 1. The average molecular weight is 265 g/mol. The van der Waals surface area contributed by atoms with E-state index in [2.05, 4.69) is 15.2 Å². The maximum atomic E-state index is 11.1. The van der Waals surface area contributed by atoms with Crippen molar-refractivity contribution in [2.24, 2.45) is 0 Å². The summed E-state index contributed by atoms with van der Waals surface area (Å²) in [7, 11) is 5.81. The number of nitrogens with one attached hydrogen (secondary N) is 1. The lowest BCUT2D eigenvalue weighted by atomic mass is 10.2. The van der Waals surface area contributed by atoms with Gasteiger partial charge in [0.25, 0.3) is 0 Å². The van der Waals surface area contributed by atoms with E-state index in [4.69, 9.17) is 0 Å². The lowest BCUT2D eigenvalue weighted by Crippen LogP contribution is -2.32. The maximum absolute atomic E-state index is 11.1. The van der Waals surface area contributed by atoms with E-state index in [1.807, 2.05) is 19.0 Å². The van der Waals surface area contributed by atoms with E-state index in [0.717, 1.165) is 19.5 Å². The lowest BCUT2D eigenvalue weighted by Gasteiger charge is -2.21. The second-order valence-electron chi connectivity index (χ2n) is 4.90. The number of anilines is 2. The molecule has 7 heteroatoms. The van der Waals surface area contributed by atoms with Crippen molar-refractivity contribution in [3.63, 3.8) is 0 Å². The Bertz CT molecular complexity index is 477. The van der Waals surface area contributed by atoms with Crippen LogP contribution in [0, 0.1) is 10.1 Å². The number of hydrogen-bond donors (Lipinski definition) is 1. The van der Waals surface area contributed by atoms with E-state index in [1.165, 1.54) is 6.07 Å². The van der Waals surface area contributed by atoms with Gasteiger partial charge in [0.05, 0.1) is 4.92 Å². The first kappa shape index (κ1) is 13.5. The smallest absolute Gasteiger partial charge is 0.311 e. The van der Waals surface area contributed by atoms with Crippen LogP contribution < -0.4 is 10.2 Å². The number of aromatic nitrogens is 1. The van der Waals surface area contributed by atoms with Crippen LogP contribution in [0.2, 0.25) is 0 Å². The molecule has 19 heavy (non-hydrogen) atoms. The summed E-state index contributed by atoms with van der Waals surface area (Å²) in [5.74, 6) is 1.11. The molecule has 1 aromatic heterocycles. The van der Waals surface area contributed by atoms with Crippen molar-refractivity contribution in [2.75, 3.05) is 44.4 Å². The van der Waals surface area contributed by atoms with Gasteiger partial charge in [0.15, 0.2) is 0 Å². The molecular weight excluding hydrogens is 246 g/mol. The Labute approximate surface area is 112 Å². The summed E-state index contributed by atoms with van der Waals surface area (Å²) in [5, 5.41) is 14.0. The van der Waals surface area contributed by atoms with Crippen LogP contribution in [0.4, 0.5) is 17.3 Å². The van der Waals surface area contributed by atoms with Crippen molar-refractivity contribution in [1.29, 1.82) is 0 Å². The monoisotopic (exact) mass is 265 g/mol. The first-order valence-corrected chi connectivity index (χ1v) is 6.27. The maximum Gasteiger partial charge on any atom is 0.311 e. The summed E-state index contributed by atoms with van der Waals surface area (Å²) in [5.41, 5.74) is 0.0680. The van der Waals surface area contributed by atoms with E-state index in [9.17, 15) is 10.1 Å². The van der Waals surface area contributed by atoms with Crippen LogP contribution in [-0.2, 0) is 0 Å². The van der Waals surface area contributed by atoms with Crippen LogP contribution in [0.5, 0.6) is 0 Å². The second-order valence-corrected chi connectivity index (χ2v) is 4.90. The Hall–Kier alpha value is -1.89. The third kappa shape index (κ3) is 2.76. The van der Waals surface area contributed by atoms with Crippen LogP contribution in [0.1, 0.15) is 6.42 Å². The van der Waals surface area contributed by atoms with Crippen LogP contribution in [-0.4, -0.2) is 55.1 Å². The summed E-state index contributed by atoms with van der Waals surface area (Å²) in [6.07, 6.45) is 0.996. The van der Waals surface area contributed by atoms with Gasteiger partial charge < -0.3 is 15.1 Å². The Morgan fingerprint density at radius 2 is 2.26 bits per heavy atom. The van der Waals surface area contributed by atoms with Crippen LogP contribution >= 0.6 is 0 Å². The largest absolute Gasteiger partial charge is 0.373 e. The molecule has 2 rings (SSSR count). The normalized spacial score (nSPS) is 18.9. The van der Waals surface area contributed by atoms with Crippen LogP contribution in [0.15, 0.2) is 12.1 Å². The van der Waals surface area contributed by atoms with Gasteiger partial charge in [0, 0.05) is 32.2 Å². The van der Waals surface area contributed by atoms with Gasteiger partial charge in [-0.05, 0) is 26.6 Å². The average Bonchev–Trinajstić information content (AvgIpc) is 2.87. The fourth-order valence-corrected chi connectivity index (χ4v) is 2.31. The number of rotatable bonds is 4. The Morgan fingerprint density at radius 1 is 1.53 bits per heavy atom. The molecule has 0 radical (unpaired) electrons. The molecular formula is C12H19N5O2. The molecule has 1 aromatic rings. The molecule has 1 aliphatic heterocycles. The zero-order chi connectivity index (χ0) is 14.0. The molecule has 7 nitrogen and oxygen atoms in total. The summed E-state index contributed by atoms with van der Waals surface area (Å²) in [4.78, 5) is 19.2. The van der Waals surface area contributed by atoms with Crippen molar-refractivity contribution >= 4 is 17.3 Å². The quantitative estimate of drug-likeness (QED) is 0.650. The first-order chi connectivity index (χ1) is 9.02. The molecule has 0 amide bonds. The predicted octanol–water partition coefficient (Wildman–Crippen LogP) is 1.17. The van der Waals surface area contributed by atoms with Gasteiger partial charge in [0.1, 0.15) is 5.82 Å². The molecule has 1 unspecified atom stereocenters. The van der Waals surface area contributed by atoms with Gasteiger partial charge in [0.2, 0.25) is 5.82 Å². The number of nitrogens with zero attached hydrogens (tertiary/aromatic N) is 4. The van der Waals surface area contributed by atoms with Crippen LogP contribution in [0.3, 0.4) is 0 Å². The fraction of sp³-hybridized carbons (Fsp3) is 0.583. The minimum Gasteiger partial charge on any atom is -0.373 e. The number of pyridine rings is 1. The summed E-state index contributed by atoms with van der Waals surface area (Å²) < 4.78 is 0. The topological polar surface area (TPSA) is 74.5 Å². The van der Waals surface area contributed by atoms with E-state index in [-0.39, 0.29) is 10.6 Å². The molecule has 0 bridgehead atoms. The molecule has 1 atom stereocenters. The Balaban J connectivity index is 2.30. The minimum atomic E-state index is -0.370. The highest BCUT2D eigenvalue weighted by Gasteiger charge is 2.29. The molecule has 1 N–H and O–H groups in total. The van der Waals surface area contributed by atoms with Gasteiger partial charge in [-0.2, -0.15) is 0 Å². The van der Waals surface area contributed by atoms with E-state index >= 15 is 0 Å². The van der Waals surface area contributed by atoms with Gasteiger partial charge in [-0.3, -0.25) is 10.1 Å². The first-order valence-electron chi connectivity index (χ1n) is 6.27. The molecule has 0 aliphatic carbocycles. The van der Waals surface area contributed by atoms with Gasteiger partial charge >= 0.3 is 5.69 Å². The zero-order valence-electron chi connectivity index (χ0n) is 11.5. The molecule has 1 fully saturated rings. The van der Waals surface area contributed by atoms with Gasteiger partial charge in [-0.1, -0.05) is 0 Å². The van der Waals surface area contributed by atoms with Crippen LogP contribution in [0.25, 0.3) is 0 Å². The Morgan fingerprint density at radius 3 is 2.79 bits per heavy atom. The van der Waals surface area contributed by atoms with Crippen molar-refractivity contribution in [3.05, 3.63) is 22.2 Å². The van der Waals surface area contributed by atoms with Crippen molar-refractivity contribution < 1.29 is 4.92 Å². The molecule has 0 aromatic carbocycles. The molecule has 104 valence electrons. The standard InChI is InChI=1S/C12H19N5O2/c1-13-11-5-4-10(17(18)19)12(14-11)16-7-6-9(8-16)15(2)3/h4-5,9H,6-8H2,1-3H3,(H,13,14). The SMILES string of the molecule is CNc1ccc([N+](=O)[O-])c(N2CCC(N(C)C)C2)n1. The van der Waals surface area contributed by atoms with E-state index in [0.29, 0.717) is 17.7 Å². The number of nitro groups is 1. The molecule has 1 aliphatic rings. The van der Waals surface area contributed by atoms with Crippen molar-refractivity contribution in [2.45, 2.75) is 12.5 Å². The third-order valence-corrected chi connectivity index (χ3v) is 3.50. The zero-order valence-corrected chi connectivity index (χ0v) is 11.5. The lowest BCUT2D eigenvalue weighted by molar-refractivity contribution is -0.384. The highest BCUT2D eigenvalue weighted by molar-refractivity contribution is 5.62. The third-order valence-electron chi connectivity index (χ3n) is 3.50. The van der Waals surface area contributed by atoms with Gasteiger partial charge in [-0.25, -0.2) is 4.98 Å². The summed E-state index contributed by atoms with van der Waals surface area (Å²) in [6, 6.07) is 3.55. The molecule has 0 spiro atoms. The van der Waals surface area contributed by atoms with E-state index in [1.54, 1.807) is 13.1 Å². The highest BCUT2D eigenvalue weighted by Crippen LogP contribution is 2.30. The van der Waals surface area contributed by atoms with E-state index < -0.39 is 0 Å². The molecule has 1 saturated heterocycles. The minimum absolute atomic E-state index is 0.0680. The molecule has 0 saturated carbocycles.